The highest BCUT2D eigenvalue weighted by Gasteiger charge is 2.05. The van der Waals surface area contributed by atoms with Crippen molar-refractivity contribution in [3.63, 3.8) is 0 Å². The van der Waals surface area contributed by atoms with Gasteiger partial charge in [-0.05, 0) is 19.4 Å². The number of carbonyl (C=O) groups excluding carboxylic acids is 1. The van der Waals surface area contributed by atoms with Crippen LogP contribution in [0.5, 0.6) is 0 Å². The van der Waals surface area contributed by atoms with E-state index >= 15 is 0 Å². The van der Waals surface area contributed by atoms with Gasteiger partial charge in [-0.2, -0.15) is 0 Å². The highest BCUT2D eigenvalue weighted by atomic mass is 16.5. The molecule has 1 aromatic rings. The van der Waals surface area contributed by atoms with Gasteiger partial charge < -0.3 is 10.1 Å². The maximum absolute atomic E-state index is 11.1. The van der Waals surface area contributed by atoms with Gasteiger partial charge in [0.1, 0.15) is 0 Å². The van der Waals surface area contributed by atoms with Crippen LogP contribution in [0.3, 0.4) is 0 Å². The van der Waals surface area contributed by atoms with Crippen LogP contribution >= 0.6 is 0 Å². The molecule has 1 rings (SSSR count). The van der Waals surface area contributed by atoms with Crippen molar-refractivity contribution in [2.24, 2.45) is 0 Å². The van der Waals surface area contributed by atoms with Gasteiger partial charge in [0.15, 0.2) is 0 Å². The molecule has 88 valence electrons. The Hall–Kier alpha value is -1.35. The van der Waals surface area contributed by atoms with E-state index in [0.29, 0.717) is 19.6 Å². The number of ether oxygens (including phenoxy) is 1. The average molecular weight is 221 g/mol. The summed E-state index contributed by atoms with van der Waals surface area (Å²) in [5.41, 5.74) is 1.23. The zero-order chi connectivity index (χ0) is 11.8. The van der Waals surface area contributed by atoms with Gasteiger partial charge in [0.25, 0.3) is 0 Å². The molecule has 0 aromatic heterocycles. The van der Waals surface area contributed by atoms with E-state index in [1.54, 1.807) is 0 Å². The summed E-state index contributed by atoms with van der Waals surface area (Å²) in [6.07, 6.45) is 0.422. The normalized spacial score (nSPS) is 12.1. The molecule has 0 spiro atoms. The fourth-order valence-electron chi connectivity index (χ4n) is 1.48. The van der Waals surface area contributed by atoms with Crippen molar-refractivity contribution in [2.75, 3.05) is 13.2 Å². The van der Waals surface area contributed by atoms with Crippen molar-refractivity contribution in [3.05, 3.63) is 35.9 Å². The molecule has 0 aliphatic rings. The monoisotopic (exact) mass is 221 g/mol. The van der Waals surface area contributed by atoms with Crippen LogP contribution in [-0.2, 0) is 9.53 Å². The van der Waals surface area contributed by atoms with Gasteiger partial charge in [-0.3, -0.25) is 4.79 Å². The molecule has 3 nitrogen and oxygen atoms in total. The first kappa shape index (κ1) is 12.7. The summed E-state index contributed by atoms with van der Waals surface area (Å²) in [7, 11) is 0. The Bertz CT molecular complexity index is 311. The molecule has 0 fully saturated rings. The van der Waals surface area contributed by atoms with E-state index < -0.39 is 0 Å². The molecule has 16 heavy (non-hydrogen) atoms. The van der Waals surface area contributed by atoms with Gasteiger partial charge in [0.05, 0.1) is 13.0 Å². The summed E-state index contributed by atoms with van der Waals surface area (Å²) in [5, 5.41) is 3.29. The molecule has 0 bridgehead atoms. The summed E-state index contributed by atoms with van der Waals surface area (Å²) < 4.78 is 4.85. The van der Waals surface area contributed by atoms with E-state index in [1.165, 1.54) is 5.56 Å². The third-order valence-electron chi connectivity index (χ3n) is 2.38. The van der Waals surface area contributed by atoms with Crippen LogP contribution in [0.2, 0.25) is 0 Å². The first-order valence-corrected chi connectivity index (χ1v) is 5.68. The van der Waals surface area contributed by atoms with Crippen LogP contribution in [0.25, 0.3) is 0 Å². The van der Waals surface area contributed by atoms with Crippen molar-refractivity contribution in [1.29, 1.82) is 0 Å². The van der Waals surface area contributed by atoms with Gasteiger partial charge in [-0.1, -0.05) is 30.3 Å². The van der Waals surface area contributed by atoms with Gasteiger partial charge in [0, 0.05) is 12.6 Å². The van der Waals surface area contributed by atoms with Crippen LogP contribution in [0.15, 0.2) is 30.3 Å². The number of nitrogens with one attached hydrogen (secondary N) is 1. The highest BCUT2D eigenvalue weighted by Crippen LogP contribution is 2.10. The predicted molar refractivity (Wildman–Crippen MR) is 64.1 cm³/mol. The van der Waals surface area contributed by atoms with Gasteiger partial charge in [0.2, 0.25) is 0 Å². The number of hydrogen-bond donors (Lipinski definition) is 1. The number of rotatable bonds is 6. The SMILES string of the molecule is CCOC(=O)CCN[C@@H](C)c1ccccc1. The molecular weight excluding hydrogens is 202 g/mol. The number of benzene rings is 1. The third kappa shape index (κ3) is 4.45. The Morgan fingerprint density at radius 3 is 2.69 bits per heavy atom. The topological polar surface area (TPSA) is 38.3 Å². The largest absolute Gasteiger partial charge is 0.466 e. The van der Waals surface area contributed by atoms with E-state index in [9.17, 15) is 4.79 Å². The predicted octanol–water partition coefficient (Wildman–Crippen LogP) is 2.29. The van der Waals surface area contributed by atoms with Crippen molar-refractivity contribution in [2.45, 2.75) is 26.3 Å². The second-order valence-corrected chi connectivity index (χ2v) is 3.64. The summed E-state index contributed by atoms with van der Waals surface area (Å²) in [5.74, 6) is -0.143. The zero-order valence-corrected chi connectivity index (χ0v) is 9.90. The molecule has 1 atom stereocenters. The van der Waals surface area contributed by atoms with Crippen molar-refractivity contribution < 1.29 is 9.53 Å². The van der Waals surface area contributed by atoms with Crippen molar-refractivity contribution in [3.8, 4) is 0 Å². The Morgan fingerprint density at radius 2 is 2.06 bits per heavy atom. The first-order chi connectivity index (χ1) is 7.74. The Labute approximate surface area is 96.8 Å². The van der Waals surface area contributed by atoms with E-state index in [2.05, 4.69) is 24.4 Å². The van der Waals surface area contributed by atoms with E-state index in [1.807, 2.05) is 25.1 Å². The molecule has 0 saturated carbocycles. The van der Waals surface area contributed by atoms with Gasteiger partial charge >= 0.3 is 5.97 Å². The molecule has 1 N–H and O–H groups in total. The van der Waals surface area contributed by atoms with Crippen LogP contribution in [0.4, 0.5) is 0 Å². The summed E-state index contributed by atoms with van der Waals surface area (Å²) in [6, 6.07) is 10.4. The Kier molecular flexibility index (Phi) is 5.57. The maximum atomic E-state index is 11.1. The Morgan fingerprint density at radius 1 is 1.38 bits per heavy atom. The van der Waals surface area contributed by atoms with E-state index in [0.717, 1.165) is 0 Å². The summed E-state index contributed by atoms with van der Waals surface area (Å²) in [4.78, 5) is 11.1. The quantitative estimate of drug-likeness (QED) is 0.749. The lowest BCUT2D eigenvalue weighted by atomic mass is 10.1. The van der Waals surface area contributed by atoms with E-state index in [-0.39, 0.29) is 12.0 Å². The fourth-order valence-corrected chi connectivity index (χ4v) is 1.48. The molecule has 0 aliphatic heterocycles. The lowest BCUT2D eigenvalue weighted by Gasteiger charge is -2.13. The standard InChI is InChI=1S/C13H19NO2/c1-3-16-13(15)9-10-14-11(2)12-7-5-4-6-8-12/h4-8,11,14H,3,9-10H2,1-2H3/t11-/m0/s1. The minimum atomic E-state index is -0.143. The molecule has 1 aromatic carbocycles. The second-order valence-electron chi connectivity index (χ2n) is 3.64. The minimum Gasteiger partial charge on any atom is -0.466 e. The van der Waals surface area contributed by atoms with E-state index in [4.69, 9.17) is 4.74 Å². The van der Waals surface area contributed by atoms with Crippen molar-refractivity contribution in [1.82, 2.24) is 5.32 Å². The molecule has 0 radical (unpaired) electrons. The van der Waals surface area contributed by atoms with Crippen LogP contribution < -0.4 is 5.32 Å². The molecular formula is C13H19NO2. The maximum Gasteiger partial charge on any atom is 0.307 e. The average Bonchev–Trinajstić information content (AvgIpc) is 2.30. The fraction of sp³-hybridized carbons (Fsp3) is 0.462. The molecule has 0 heterocycles. The minimum absolute atomic E-state index is 0.143. The molecule has 0 amide bonds. The highest BCUT2D eigenvalue weighted by molar-refractivity contribution is 5.69. The van der Waals surface area contributed by atoms with Crippen molar-refractivity contribution >= 4 is 5.97 Å². The zero-order valence-electron chi connectivity index (χ0n) is 9.90. The number of carbonyl (C=O) groups is 1. The number of hydrogen-bond acceptors (Lipinski definition) is 3. The van der Waals surface area contributed by atoms with Gasteiger partial charge in [-0.15, -0.1) is 0 Å². The van der Waals surface area contributed by atoms with Gasteiger partial charge in [-0.25, -0.2) is 0 Å². The molecule has 0 unspecified atom stereocenters. The number of esters is 1. The van der Waals surface area contributed by atoms with Crippen LogP contribution in [-0.4, -0.2) is 19.1 Å². The summed E-state index contributed by atoms with van der Waals surface area (Å²) in [6.45, 7) is 5.00. The Balaban J connectivity index is 2.26. The van der Waals surface area contributed by atoms with Crippen LogP contribution in [0, 0.1) is 0 Å². The second kappa shape index (κ2) is 7.01. The first-order valence-electron chi connectivity index (χ1n) is 5.68. The molecule has 0 aliphatic carbocycles. The summed E-state index contributed by atoms with van der Waals surface area (Å²) >= 11 is 0. The third-order valence-corrected chi connectivity index (χ3v) is 2.38. The smallest absolute Gasteiger partial charge is 0.307 e. The lowest BCUT2D eigenvalue weighted by molar-refractivity contribution is -0.143. The van der Waals surface area contributed by atoms with Crippen LogP contribution in [0.1, 0.15) is 31.9 Å². The molecule has 0 saturated heterocycles. The lowest BCUT2D eigenvalue weighted by Crippen LogP contribution is -2.22. The molecule has 3 heteroatoms.